The molecule has 0 saturated heterocycles. The number of carbonyl (C=O) groups excluding carboxylic acids is 2. The van der Waals surface area contributed by atoms with Crippen LogP contribution in [0.4, 0.5) is 10.8 Å². The summed E-state index contributed by atoms with van der Waals surface area (Å²) in [5.41, 5.74) is 0.335. The number of aryl methyl sites for hydroxylation is 1. The summed E-state index contributed by atoms with van der Waals surface area (Å²) in [4.78, 5) is 23.8. The van der Waals surface area contributed by atoms with Crippen LogP contribution in [-0.4, -0.2) is 56.2 Å². The molecule has 1 aromatic heterocycles. The number of carbonyl (C=O) groups is 2. The number of nitrogens with zero attached hydrogens (tertiary/aromatic N) is 2. The third-order valence-corrected chi connectivity index (χ3v) is 5.30. The molecule has 0 saturated carbocycles. The van der Waals surface area contributed by atoms with E-state index in [1.54, 1.807) is 13.0 Å². The Bertz CT molecular complexity index is 942. The molecular formula is C15H18N4O6S2. The van der Waals surface area contributed by atoms with E-state index in [1.807, 2.05) is 0 Å². The predicted molar refractivity (Wildman–Crippen MR) is 100 cm³/mol. The molecule has 0 aliphatic heterocycles. The van der Waals surface area contributed by atoms with E-state index < -0.39 is 33.2 Å². The minimum Gasteiger partial charge on any atom is -0.493 e. The lowest BCUT2D eigenvalue weighted by Gasteiger charge is -2.10. The number of aromatic nitrogens is 2. The van der Waals surface area contributed by atoms with Gasteiger partial charge in [-0.25, -0.2) is 8.42 Å². The normalized spacial score (nSPS) is 10.9. The van der Waals surface area contributed by atoms with E-state index in [0.717, 1.165) is 11.3 Å². The first-order valence-electron chi connectivity index (χ1n) is 7.54. The molecule has 0 bridgehead atoms. The van der Waals surface area contributed by atoms with Crippen molar-refractivity contribution >= 4 is 43.8 Å². The van der Waals surface area contributed by atoms with Crippen molar-refractivity contribution in [2.24, 2.45) is 0 Å². The molecule has 2 rings (SSSR count). The van der Waals surface area contributed by atoms with E-state index in [1.165, 1.54) is 26.4 Å². The fourth-order valence-electron chi connectivity index (χ4n) is 2.06. The average Bonchev–Trinajstić information content (AvgIpc) is 2.97. The summed E-state index contributed by atoms with van der Waals surface area (Å²) in [6.07, 6.45) is 0. The van der Waals surface area contributed by atoms with E-state index in [-0.39, 0.29) is 5.13 Å². The van der Waals surface area contributed by atoms with Crippen molar-refractivity contribution < 1.29 is 27.5 Å². The van der Waals surface area contributed by atoms with Gasteiger partial charge in [0.15, 0.2) is 21.3 Å². The first kappa shape index (κ1) is 20.6. The number of anilines is 2. The zero-order valence-electron chi connectivity index (χ0n) is 14.8. The minimum absolute atomic E-state index is 0.197. The van der Waals surface area contributed by atoms with Gasteiger partial charge in [-0.15, -0.1) is 10.2 Å². The fraction of sp³-hybridized carbons (Fsp3) is 0.333. The van der Waals surface area contributed by atoms with Gasteiger partial charge in [-0.3, -0.25) is 14.9 Å². The Kier molecular flexibility index (Phi) is 6.69. The van der Waals surface area contributed by atoms with Gasteiger partial charge in [0.2, 0.25) is 16.9 Å². The third-order valence-electron chi connectivity index (χ3n) is 3.14. The maximum Gasteiger partial charge on any atom is 0.241 e. The van der Waals surface area contributed by atoms with Crippen molar-refractivity contribution in [2.75, 3.05) is 36.4 Å². The summed E-state index contributed by atoms with van der Waals surface area (Å²) in [6, 6.07) is 4.60. The summed E-state index contributed by atoms with van der Waals surface area (Å²) < 4.78 is 34.3. The zero-order chi connectivity index (χ0) is 20.0. The molecule has 2 aromatic rings. The van der Waals surface area contributed by atoms with Crippen LogP contribution in [0.1, 0.15) is 5.01 Å². The van der Waals surface area contributed by atoms with Gasteiger partial charge in [0.25, 0.3) is 0 Å². The number of ether oxygens (including phenoxy) is 2. The Hall–Kier alpha value is -2.73. The summed E-state index contributed by atoms with van der Waals surface area (Å²) in [6.45, 7) is 1.70. The smallest absolute Gasteiger partial charge is 0.241 e. The lowest BCUT2D eigenvalue weighted by Crippen LogP contribution is -2.30. The van der Waals surface area contributed by atoms with Crippen molar-refractivity contribution in [1.29, 1.82) is 0 Å². The molecule has 12 heteroatoms. The van der Waals surface area contributed by atoms with Crippen LogP contribution in [0.25, 0.3) is 0 Å². The molecule has 0 spiro atoms. The summed E-state index contributed by atoms with van der Waals surface area (Å²) in [7, 11) is -1.06. The summed E-state index contributed by atoms with van der Waals surface area (Å²) >= 11 is 1.11. The lowest BCUT2D eigenvalue weighted by molar-refractivity contribution is -0.114. The molecule has 2 N–H and O–H groups in total. The van der Waals surface area contributed by atoms with E-state index >= 15 is 0 Å². The van der Waals surface area contributed by atoms with E-state index in [2.05, 4.69) is 20.8 Å². The van der Waals surface area contributed by atoms with Gasteiger partial charge in [-0.1, -0.05) is 11.3 Å². The Balaban J connectivity index is 1.94. The first-order chi connectivity index (χ1) is 12.7. The Morgan fingerprint density at radius 1 is 1.04 bits per heavy atom. The molecule has 0 unspecified atom stereocenters. The van der Waals surface area contributed by atoms with Crippen LogP contribution in [0.2, 0.25) is 0 Å². The predicted octanol–water partition coefficient (Wildman–Crippen LogP) is 0.856. The molecule has 2 amide bonds. The maximum atomic E-state index is 12.1. The summed E-state index contributed by atoms with van der Waals surface area (Å²) in [5, 5.41) is 13.0. The van der Waals surface area contributed by atoms with Gasteiger partial charge in [-0.2, -0.15) is 0 Å². The highest BCUT2D eigenvalue weighted by atomic mass is 32.2. The van der Waals surface area contributed by atoms with Gasteiger partial charge < -0.3 is 14.8 Å². The van der Waals surface area contributed by atoms with E-state index in [0.29, 0.717) is 22.2 Å². The summed E-state index contributed by atoms with van der Waals surface area (Å²) in [5.74, 6) is -2.40. The van der Waals surface area contributed by atoms with Gasteiger partial charge in [0.1, 0.15) is 16.5 Å². The Morgan fingerprint density at radius 2 is 1.67 bits per heavy atom. The van der Waals surface area contributed by atoms with Crippen LogP contribution >= 0.6 is 11.3 Å². The van der Waals surface area contributed by atoms with Crippen molar-refractivity contribution in [3.63, 3.8) is 0 Å². The van der Waals surface area contributed by atoms with Gasteiger partial charge in [0, 0.05) is 11.8 Å². The van der Waals surface area contributed by atoms with Gasteiger partial charge >= 0.3 is 0 Å². The molecule has 146 valence electrons. The second-order valence-electron chi connectivity index (χ2n) is 5.32. The molecule has 1 heterocycles. The van der Waals surface area contributed by atoms with Crippen LogP contribution < -0.4 is 20.1 Å². The molecule has 0 radical (unpaired) electrons. The minimum atomic E-state index is -3.97. The topological polar surface area (TPSA) is 137 Å². The molecule has 1 aromatic carbocycles. The highest BCUT2D eigenvalue weighted by Gasteiger charge is 2.22. The van der Waals surface area contributed by atoms with Gasteiger partial charge in [-0.05, 0) is 19.1 Å². The Labute approximate surface area is 159 Å². The SMILES string of the molecule is COc1ccc(NC(=O)CS(=O)(=O)CC(=O)Nc2nnc(C)s2)cc1OC. The standard InChI is InChI=1S/C15H18N4O6S2/c1-9-18-19-15(26-9)17-14(21)8-27(22,23)7-13(20)16-10-4-5-11(24-2)12(6-10)25-3/h4-6H,7-8H2,1-3H3,(H,16,20)(H,17,19,21). The van der Waals surface area contributed by atoms with Crippen LogP contribution in [0, 0.1) is 6.92 Å². The monoisotopic (exact) mass is 414 g/mol. The largest absolute Gasteiger partial charge is 0.493 e. The van der Waals surface area contributed by atoms with Crippen LogP contribution in [0.15, 0.2) is 18.2 Å². The number of rotatable bonds is 8. The van der Waals surface area contributed by atoms with Gasteiger partial charge in [0.05, 0.1) is 14.2 Å². The van der Waals surface area contributed by atoms with Crippen molar-refractivity contribution in [3.8, 4) is 11.5 Å². The third kappa shape index (κ3) is 6.18. The number of methoxy groups -OCH3 is 2. The highest BCUT2D eigenvalue weighted by molar-refractivity contribution is 7.92. The molecule has 0 fully saturated rings. The van der Waals surface area contributed by atoms with Crippen molar-refractivity contribution in [3.05, 3.63) is 23.2 Å². The first-order valence-corrected chi connectivity index (χ1v) is 10.2. The van der Waals surface area contributed by atoms with Crippen LogP contribution in [-0.2, 0) is 19.4 Å². The van der Waals surface area contributed by atoms with Crippen LogP contribution in [0.3, 0.4) is 0 Å². The number of amides is 2. The number of hydrogen-bond acceptors (Lipinski definition) is 9. The second-order valence-corrected chi connectivity index (χ2v) is 8.57. The Morgan fingerprint density at radius 3 is 2.22 bits per heavy atom. The molecule has 0 atom stereocenters. The van der Waals surface area contributed by atoms with Crippen molar-refractivity contribution in [2.45, 2.75) is 6.92 Å². The number of benzene rings is 1. The van der Waals surface area contributed by atoms with Crippen molar-refractivity contribution in [1.82, 2.24) is 10.2 Å². The highest BCUT2D eigenvalue weighted by Crippen LogP contribution is 2.29. The molecule has 0 aliphatic carbocycles. The quantitative estimate of drug-likeness (QED) is 0.649. The average molecular weight is 414 g/mol. The maximum absolute atomic E-state index is 12.1. The number of hydrogen-bond donors (Lipinski definition) is 2. The van der Waals surface area contributed by atoms with Crippen LogP contribution in [0.5, 0.6) is 11.5 Å². The molecular weight excluding hydrogens is 396 g/mol. The fourth-order valence-corrected chi connectivity index (χ4v) is 3.72. The molecule has 0 aliphatic rings. The van der Waals surface area contributed by atoms with E-state index in [9.17, 15) is 18.0 Å². The van der Waals surface area contributed by atoms with E-state index in [4.69, 9.17) is 9.47 Å². The number of nitrogens with one attached hydrogen (secondary N) is 2. The second kappa shape index (κ2) is 8.77. The molecule has 27 heavy (non-hydrogen) atoms. The zero-order valence-corrected chi connectivity index (χ0v) is 16.4. The lowest BCUT2D eigenvalue weighted by atomic mass is 10.2. The number of sulfone groups is 1. The molecule has 10 nitrogen and oxygen atoms in total.